The minimum atomic E-state index is -0.655. The number of rotatable bonds is 6. The molecule has 0 unspecified atom stereocenters. The van der Waals surface area contributed by atoms with Crippen LogP contribution in [0.25, 0.3) is 10.8 Å². The van der Waals surface area contributed by atoms with Gasteiger partial charge in [-0.1, -0.05) is 19.3 Å². The third-order valence-electron chi connectivity index (χ3n) is 5.18. The normalized spacial score (nSPS) is 15.5. The second-order valence-corrected chi connectivity index (χ2v) is 7.08. The highest BCUT2D eigenvalue weighted by molar-refractivity contribution is 6.02. The van der Waals surface area contributed by atoms with Crippen LogP contribution in [0.1, 0.15) is 48.9 Å². The minimum absolute atomic E-state index is 0.0725. The maximum atomic E-state index is 12.3. The molecule has 0 bridgehead atoms. The Kier molecular flexibility index (Phi) is 6.41. The lowest BCUT2D eigenvalue weighted by Crippen LogP contribution is -2.15. The predicted octanol–water partition coefficient (Wildman–Crippen LogP) is 3.79. The Bertz CT molecular complexity index is 897. The van der Waals surface area contributed by atoms with Crippen LogP contribution < -0.4 is 0 Å². The first kappa shape index (κ1) is 20.0. The van der Waals surface area contributed by atoms with Gasteiger partial charge in [-0.05, 0) is 37.5 Å². The van der Waals surface area contributed by atoms with Crippen LogP contribution in [-0.2, 0) is 16.1 Å². The molecule has 1 aromatic carbocycles. The van der Waals surface area contributed by atoms with E-state index < -0.39 is 5.91 Å². The fraction of sp³-hybridized carbons (Fsp3) is 0.500. The first-order valence-corrected chi connectivity index (χ1v) is 9.56. The Morgan fingerprint density at radius 3 is 2.54 bits per heavy atom. The van der Waals surface area contributed by atoms with Gasteiger partial charge in [0.05, 0.1) is 0 Å². The number of aromatic nitrogens is 1. The SMILES string of the molecule is COCCCn1c(O)c2ccc(C(=O)N=NC(=O)C3CCCCC3)cc2c1O. The van der Waals surface area contributed by atoms with Gasteiger partial charge in [-0.3, -0.25) is 14.2 Å². The molecule has 1 saturated carbocycles. The molecule has 150 valence electrons. The summed E-state index contributed by atoms with van der Waals surface area (Å²) >= 11 is 0. The maximum Gasteiger partial charge on any atom is 0.295 e. The van der Waals surface area contributed by atoms with Crippen LogP contribution in [0.15, 0.2) is 28.4 Å². The highest BCUT2D eigenvalue weighted by atomic mass is 16.5. The molecule has 0 saturated heterocycles. The average molecular weight is 387 g/mol. The molecule has 1 fully saturated rings. The zero-order valence-electron chi connectivity index (χ0n) is 15.9. The van der Waals surface area contributed by atoms with Crippen LogP contribution >= 0.6 is 0 Å². The smallest absolute Gasteiger partial charge is 0.295 e. The number of carbonyl (C=O) groups is 2. The number of carbonyl (C=O) groups excluding carboxylic acids is 2. The lowest BCUT2D eigenvalue weighted by atomic mass is 9.89. The van der Waals surface area contributed by atoms with E-state index >= 15 is 0 Å². The highest BCUT2D eigenvalue weighted by Gasteiger charge is 2.22. The lowest BCUT2D eigenvalue weighted by molar-refractivity contribution is -0.123. The van der Waals surface area contributed by atoms with E-state index in [2.05, 4.69) is 10.2 Å². The van der Waals surface area contributed by atoms with E-state index in [1.54, 1.807) is 13.2 Å². The molecule has 3 rings (SSSR count). The Hall–Kier alpha value is -2.74. The van der Waals surface area contributed by atoms with E-state index in [-0.39, 0.29) is 29.1 Å². The van der Waals surface area contributed by atoms with Crippen LogP contribution in [0.3, 0.4) is 0 Å². The predicted molar refractivity (Wildman–Crippen MR) is 103 cm³/mol. The molecular weight excluding hydrogens is 362 g/mol. The number of ether oxygens (including phenoxy) is 1. The van der Waals surface area contributed by atoms with Crippen molar-refractivity contribution in [2.45, 2.75) is 45.1 Å². The molecule has 28 heavy (non-hydrogen) atoms. The summed E-state index contributed by atoms with van der Waals surface area (Å²) in [6.07, 6.45) is 5.33. The van der Waals surface area contributed by atoms with Crippen LogP contribution in [0, 0.1) is 5.92 Å². The van der Waals surface area contributed by atoms with Gasteiger partial charge >= 0.3 is 0 Å². The fourth-order valence-corrected chi connectivity index (χ4v) is 3.61. The molecule has 1 aliphatic rings. The van der Waals surface area contributed by atoms with Gasteiger partial charge in [-0.15, -0.1) is 10.2 Å². The number of fused-ring (bicyclic) bond motifs is 1. The van der Waals surface area contributed by atoms with Gasteiger partial charge in [-0.25, -0.2) is 0 Å². The Morgan fingerprint density at radius 2 is 1.82 bits per heavy atom. The Balaban J connectivity index is 1.77. The Labute approximate surface area is 162 Å². The summed E-state index contributed by atoms with van der Waals surface area (Å²) in [6, 6.07) is 4.49. The summed E-state index contributed by atoms with van der Waals surface area (Å²) < 4.78 is 6.35. The number of hydrogen-bond donors (Lipinski definition) is 2. The number of aromatic hydroxyl groups is 2. The van der Waals surface area contributed by atoms with E-state index in [4.69, 9.17) is 4.74 Å². The van der Waals surface area contributed by atoms with Crippen molar-refractivity contribution in [3.63, 3.8) is 0 Å². The first-order valence-electron chi connectivity index (χ1n) is 9.56. The molecule has 0 spiro atoms. The summed E-state index contributed by atoms with van der Waals surface area (Å²) in [5.41, 5.74) is 0.192. The minimum Gasteiger partial charge on any atom is -0.494 e. The summed E-state index contributed by atoms with van der Waals surface area (Å²) in [7, 11) is 1.58. The third kappa shape index (κ3) is 4.22. The zero-order chi connectivity index (χ0) is 20.1. The molecule has 8 nitrogen and oxygen atoms in total. The number of benzene rings is 1. The van der Waals surface area contributed by atoms with Gasteiger partial charge in [0.25, 0.3) is 11.8 Å². The lowest BCUT2D eigenvalue weighted by Gasteiger charge is -2.17. The van der Waals surface area contributed by atoms with E-state index in [0.29, 0.717) is 30.3 Å². The van der Waals surface area contributed by atoms with E-state index in [0.717, 1.165) is 32.1 Å². The highest BCUT2D eigenvalue weighted by Crippen LogP contribution is 2.37. The molecule has 2 aromatic rings. The zero-order valence-corrected chi connectivity index (χ0v) is 15.9. The van der Waals surface area contributed by atoms with Crippen LogP contribution in [0.5, 0.6) is 11.8 Å². The summed E-state index contributed by atoms with van der Waals surface area (Å²) in [5, 5.41) is 28.7. The standard InChI is InChI=1S/C20H25N3O5/c1-28-11-5-10-23-19(26)15-9-8-14(12-16(15)20(23)27)18(25)22-21-17(24)13-6-3-2-4-7-13/h8-9,12-13,26-27H,2-7,10-11H2,1H3. The van der Waals surface area contributed by atoms with Crippen molar-refractivity contribution in [2.24, 2.45) is 16.1 Å². The fourth-order valence-electron chi connectivity index (χ4n) is 3.61. The number of azo groups is 1. The molecule has 2 N–H and O–H groups in total. The molecular formula is C20H25N3O5. The second kappa shape index (κ2) is 8.97. The first-order chi connectivity index (χ1) is 13.5. The average Bonchev–Trinajstić information content (AvgIpc) is 2.96. The molecule has 0 atom stereocenters. The molecule has 0 radical (unpaired) electrons. The van der Waals surface area contributed by atoms with Gasteiger partial charge < -0.3 is 14.9 Å². The quantitative estimate of drug-likeness (QED) is 0.578. The van der Waals surface area contributed by atoms with Crippen molar-refractivity contribution in [1.29, 1.82) is 0 Å². The van der Waals surface area contributed by atoms with Crippen LogP contribution in [0.2, 0.25) is 0 Å². The van der Waals surface area contributed by atoms with Gasteiger partial charge in [0.2, 0.25) is 11.8 Å². The molecule has 1 aliphatic carbocycles. The van der Waals surface area contributed by atoms with Gasteiger partial charge in [0.1, 0.15) is 0 Å². The van der Waals surface area contributed by atoms with Crippen molar-refractivity contribution < 1.29 is 24.5 Å². The molecule has 1 aromatic heterocycles. The van der Waals surface area contributed by atoms with Crippen molar-refractivity contribution in [3.8, 4) is 11.8 Å². The number of amides is 2. The van der Waals surface area contributed by atoms with E-state index in [1.165, 1.54) is 16.7 Å². The van der Waals surface area contributed by atoms with Gasteiger partial charge in [-0.2, -0.15) is 0 Å². The van der Waals surface area contributed by atoms with Gasteiger partial charge in [0, 0.05) is 42.5 Å². The van der Waals surface area contributed by atoms with E-state index in [9.17, 15) is 19.8 Å². The number of nitrogens with zero attached hydrogens (tertiary/aromatic N) is 3. The largest absolute Gasteiger partial charge is 0.494 e. The number of hydrogen-bond acceptors (Lipinski definition) is 5. The third-order valence-corrected chi connectivity index (χ3v) is 5.18. The number of methoxy groups -OCH3 is 1. The van der Waals surface area contributed by atoms with Crippen molar-refractivity contribution in [1.82, 2.24) is 4.57 Å². The van der Waals surface area contributed by atoms with Crippen molar-refractivity contribution >= 4 is 22.6 Å². The Morgan fingerprint density at radius 1 is 1.11 bits per heavy atom. The second-order valence-electron chi connectivity index (χ2n) is 7.08. The molecule has 2 amide bonds. The molecule has 0 aliphatic heterocycles. The van der Waals surface area contributed by atoms with Crippen LogP contribution in [-0.4, -0.2) is 40.3 Å². The van der Waals surface area contributed by atoms with E-state index in [1.807, 2.05) is 0 Å². The topological polar surface area (TPSA) is 113 Å². The maximum absolute atomic E-state index is 12.3. The van der Waals surface area contributed by atoms with Crippen molar-refractivity contribution in [3.05, 3.63) is 23.8 Å². The van der Waals surface area contributed by atoms with Gasteiger partial charge in [0.15, 0.2) is 0 Å². The summed E-state index contributed by atoms with van der Waals surface area (Å²) in [5.74, 6) is -1.35. The summed E-state index contributed by atoms with van der Waals surface area (Å²) in [4.78, 5) is 24.4. The molecule has 1 heterocycles. The monoisotopic (exact) mass is 387 g/mol. The van der Waals surface area contributed by atoms with Crippen LogP contribution in [0.4, 0.5) is 0 Å². The molecule has 8 heteroatoms. The summed E-state index contributed by atoms with van der Waals surface area (Å²) in [6.45, 7) is 0.867. The van der Waals surface area contributed by atoms with Crippen molar-refractivity contribution in [2.75, 3.05) is 13.7 Å².